The summed E-state index contributed by atoms with van der Waals surface area (Å²) in [5.41, 5.74) is 0. The number of carbonyl (C=O) groups excluding carboxylic acids is 1. The largest absolute Gasteiger partial charge is 0.481 e. The molecule has 6 heteroatoms. The molecule has 1 aromatic carbocycles. The first-order valence-corrected chi connectivity index (χ1v) is 5.49. The van der Waals surface area contributed by atoms with Gasteiger partial charge in [-0.1, -0.05) is 22.0 Å². The van der Waals surface area contributed by atoms with Crippen LogP contribution < -0.4 is 10.1 Å². The zero-order valence-electron chi connectivity index (χ0n) is 8.80. The first-order chi connectivity index (χ1) is 8.04. The van der Waals surface area contributed by atoms with Gasteiger partial charge in [0.15, 0.2) is 18.2 Å². The van der Waals surface area contributed by atoms with Gasteiger partial charge >= 0.3 is 0 Å². The minimum Gasteiger partial charge on any atom is -0.481 e. The lowest BCUT2D eigenvalue weighted by Crippen LogP contribution is -2.29. The number of amides is 1. The van der Waals surface area contributed by atoms with Gasteiger partial charge < -0.3 is 10.1 Å². The Balaban J connectivity index is 2.63. The van der Waals surface area contributed by atoms with Crippen molar-refractivity contribution in [2.45, 2.75) is 0 Å². The van der Waals surface area contributed by atoms with Crippen molar-refractivity contribution in [1.29, 1.82) is 0 Å². The summed E-state index contributed by atoms with van der Waals surface area (Å²) in [6.07, 6.45) is 1.50. The molecule has 1 N–H and O–H groups in total. The molecule has 1 amide bonds. The van der Waals surface area contributed by atoms with E-state index in [9.17, 15) is 13.6 Å². The number of nitrogens with one attached hydrogen (secondary N) is 1. The highest BCUT2D eigenvalue weighted by molar-refractivity contribution is 9.10. The third-order valence-electron chi connectivity index (χ3n) is 1.76. The Hall–Kier alpha value is -1.43. The van der Waals surface area contributed by atoms with Crippen molar-refractivity contribution < 1.29 is 18.3 Å². The van der Waals surface area contributed by atoms with Crippen molar-refractivity contribution in [2.24, 2.45) is 0 Å². The molecule has 0 aliphatic rings. The molecule has 1 rings (SSSR count). The second-order valence-electron chi connectivity index (χ2n) is 3.08. The molecule has 0 aromatic heterocycles. The summed E-state index contributed by atoms with van der Waals surface area (Å²) in [5, 5.41) is 2.44. The second-order valence-corrected chi connectivity index (χ2v) is 4.00. The Morgan fingerprint density at radius 3 is 2.88 bits per heavy atom. The number of benzene rings is 1. The molecule has 0 unspecified atom stereocenters. The first-order valence-electron chi connectivity index (χ1n) is 4.69. The van der Waals surface area contributed by atoms with Gasteiger partial charge in [0.05, 0.1) is 0 Å². The van der Waals surface area contributed by atoms with Gasteiger partial charge in [0, 0.05) is 11.0 Å². The third kappa shape index (κ3) is 4.14. The van der Waals surface area contributed by atoms with Crippen LogP contribution in [0.4, 0.5) is 8.78 Å². The number of halogens is 3. The van der Waals surface area contributed by atoms with Crippen LogP contribution in [0.25, 0.3) is 0 Å². The maximum absolute atomic E-state index is 13.2. The van der Waals surface area contributed by atoms with E-state index < -0.39 is 17.5 Å². The lowest BCUT2D eigenvalue weighted by Gasteiger charge is -2.08. The molecule has 0 bridgehead atoms. The van der Waals surface area contributed by atoms with Gasteiger partial charge in [-0.25, -0.2) is 4.39 Å². The van der Waals surface area contributed by atoms with E-state index in [0.29, 0.717) is 4.47 Å². The standard InChI is InChI=1S/C11H10BrF2NO2/c1-2-3-15-10(16)6-17-9-5-7(12)4-8(13)11(9)14/h2,4-5H,1,3,6H2,(H,15,16). The van der Waals surface area contributed by atoms with Gasteiger partial charge in [-0.05, 0) is 12.1 Å². The Kier molecular flexibility index (Phi) is 5.09. The lowest BCUT2D eigenvalue weighted by molar-refractivity contribution is -0.122. The van der Waals surface area contributed by atoms with Crippen LogP contribution in [0.3, 0.4) is 0 Å². The summed E-state index contributed by atoms with van der Waals surface area (Å²) in [7, 11) is 0. The molecule has 17 heavy (non-hydrogen) atoms. The SMILES string of the molecule is C=CCNC(=O)COc1cc(Br)cc(F)c1F. The van der Waals surface area contributed by atoms with Gasteiger partial charge in [0.2, 0.25) is 5.82 Å². The predicted molar refractivity (Wildman–Crippen MR) is 62.8 cm³/mol. The highest BCUT2D eigenvalue weighted by Gasteiger charge is 2.12. The quantitative estimate of drug-likeness (QED) is 0.670. The summed E-state index contributed by atoms with van der Waals surface area (Å²) >= 11 is 3.00. The Morgan fingerprint density at radius 1 is 1.53 bits per heavy atom. The van der Waals surface area contributed by atoms with E-state index >= 15 is 0 Å². The molecule has 0 radical (unpaired) electrons. The molecule has 0 atom stereocenters. The highest BCUT2D eigenvalue weighted by Crippen LogP contribution is 2.25. The van der Waals surface area contributed by atoms with Gasteiger partial charge in [0.1, 0.15) is 0 Å². The van der Waals surface area contributed by atoms with Crippen LogP contribution in [0.15, 0.2) is 29.3 Å². The Labute approximate surface area is 106 Å². The molecule has 3 nitrogen and oxygen atoms in total. The van der Waals surface area contributed by atoms with Crippen LogP contribution >= 0.6 is 15.9 Å². The second kappa shape index (κ2) is 6.34. The zero-order valence-corrected chi connectivity index (χ0v) is 10.4. The zero-order chi connectivity index (χ0) is 12.8. The van der Waals surface area contributed by atoms with Gasteiger partial charge in [-0.3, -0.25) is 4.79 Å². The van der Waals surface area contributed by atoms with E-state index in [1.807, 2.05) is 0 Å². The fraction of sp³-hybridized carbons (Fsp3) is 0.182. The number of hydrogen-bond acceptors (Lipinski definition) is 2. The lowest BCUT2D eigenvalue weighted by atomic mass is 10.3. The van der Waals surface area contributed by atoms with E-state index in [0.717, 1.165) is 6.07 Å². The van der Waals surface area contributed by atoms with E-state index in [2.05, 4.69) is 27.8 Å². The summed E-state index contributed by atoms with van der Waals surface area (Å²) in [6, 6.07) is 2.22. The van der Waals surface area contributed by atoms with Crippen LogP contribution in [0, 0.1) is 11.6 Å². The molecule has 0 fully saturated rings. The van der Waals surface area contributed by atoms with E-state index in [-0.39, 0.29) is 18.9 Å². The minimum absolute atomic E-state index is 0.289. The number of ether oxygens (including phenoxy) is 1. The van der Waals surface area contributed by atoms with Crippen LogP contribution in [-0.2, 0) is 4.79 Å². The predicted octanol–water partition coefficient (Wildman–Crippen LogP) is 2.41. The van der Waals surface area contributed by atoms with Crippen molar-refractivity contribution >= 4 is 21.8 Å². The molecule has 0 aliphatic heterocycles. The number of rotatable bonds is 5. The molecule has 0 heterocycles. The molecular formula is C11H10BrF2NO2. The van der Waals surface area contributed by atoms with E-state index in [1.54, 1.807) is 0 Å². The monoisotopic (exact) mass is 305 g/mol. The average molecular weight is 306 g/mol. The molecule has 92 valence electrons. The van der Waals surface area contributed by atoms with Gasteiger partial charge in [-0.2, -0.15) is 4.39 Å². The maximum atomic E-state index is 13.2. The molecule has 0 saturated carbocycles. The summed E-state index contributed by atoms with van der Waals surface area (Å²) in [6.45, 7) is 3.32. The maximum Gasteiger partial charge on any atom is 0.258 e. The number of carbonyl (C=O) groups is 1. The van der Waals surface area contributed by atoms with Crippen LogP contribution in [0.2, 0.25) is 0 Å². The van der Waals surface area contributed by atoms with Crippen molar-refractivity contribution in [3.63, 3.8) is 0 Å². The van der Waals surface area contributed by atoms with Crippen molar-refractivity contribution in [3.8, 4) is 5.75 Å². The molecule has 0 aliphatic carbocycles. The summed E-state index contributed by atoms with van der Waals surface area (Å²) < 4.78 is 31.4. The Morgan fingerprint density at radius 2 is 2.24 bits per heavy atom. The molecule has 1 aromatic rings. The fourth-order valence-electron chi connectivity index (χ4n) is 1.02. The minimum atomic E-state index is -1.12. The number of hydrogen-bond donors (Lipinski definition) is 1. The van der Waals surface area contributed by atoms with E-state index in [4.69, 9.17) is 4.74 Å². The van der Waals surface area contributed by atoms with Crippen LogP contribution in [0.5, 0.6) is 5.75 Å². The normalized spacial score (nSPS) is 9.82. The molecular weight excluding hydrogens is 296 g/mol. The highest BCUT2D eigenvalue weighted by atomic mass is 79.9. The van der Waals surface area contributed by atoms with E-state index in [1.165, 1.54) is 12.1 Å². The topological polar surface area (TPSA) is 38.3 Å². The third-order valence-corrected chi connectivity index (χ3v) is 2.22. The Bertz CT molecular complexity index is 438. The van der Waals surface area contributed by atoms with Gasteiger partial charge in [0.25, 0.3) is 5.91 Å². The first kappa shape index (κ1) is 13.6. The van der Waals surface area contributed by atoms with Crippen molar-refractivity contribution in [3.05, 3.63) is 40.9 Å². The molecule has 0 spiro atoms. The van der Waals surface area contributed by atoms with Crippen molar-refractivity contribution in [1.82, 2.24) is 5.32 Å². The van der Waals surface area contributed by atoms with Gasteiger partial charge in [-0.15, -0.1) is 6.58 Å². The smallest absolute Gasteiger partial charge is 0.258 e. The summed E-state index contributed by atoms with van der Waals surface area (Å²) in [4.78, 5) is 11.1. The van der Waals surface area contributed by atoms with Crippen LogP contribution in [-0.4, -0.2) is 19.1 Å². The van der Waals surface area contributed by atoms with Crippen molar-refractivity contribution in [2.75, 3.05) is 13.2 Å². The molecule has 0 saturated heterocycles. The fourth-order valence-corrected chi connectivity index (χ4v) is 1.43. The summed E-state index contributed by atoms with van der Waals surface area (Å²) in [5.74, 6) is -2.92. The average Bonchev–Trinajstić information content (AvgIpc) is 2.29. The van der Waals surface area contributed by atoms with Crippen LogP contribution in [0.1, 0.15) is 0 Å².